The Bertz CT molecular complexity index is 923. The van der Waals surface area contributed by atoms with Gasteiger partial charge in [0.05, 0.1) is 18.3 Å². The number of benzene rings is 1. The van der Waals surface area contributed by atoms with Crippen molar-refractivity contribution in [2.75, 3.05) is 33.4 Å². The summed E-state index contributed by atoms with van der Waals surface area (Å²) in [7, 11) is -2.07. The Morgan fingerprint density at radius 1 is 1.14 bits per heavy atom. The lowest BCUT2D eigenvalue weighted by molar-refractivity contribution is 0.0958. The second-order valence-corrected chi connectivity index (χ2v) is 9.31. The zero-order chi connectivity index (χ0) is 20.3. The first-order valence-electron chi connectivity index (χ1n) is 9.98. The lowest BCUT2D eigenvalue weighted by Crippen LogP contribution is -2.48. The lowest BCUT2D eigenvalue weighted by Gasteiger charge is -2.31. The fraction of sp³-hybridized carbons (Fsp3) is 0.476. The molecule has 0 amide bonds. The molecule has 1 aromatic carbocycles. The van der Waals surface area contributed by atoms with Gasteiger partial charge in [0.1, 0.15) is 16.7 Å². The van der Waals surface area contributed by atoms with Gasteiger partial charge in [-0.2, -0.15) is 4.31 Å². The summed E-state index contributed by atoms with van der Waals surface area (Å²) < 4.78 is 40.0. The second-order valence-electron chi connectivity index (χ2n) is 7.45. The van der Waals surface area contributed by atoms with E-state index in [-0.39, 0.29) is 17.0 Å². The van der Waals surface area contributed by atoms with E-state index >= 15 is 0 Å². The van der Waals surface area contributed by atoms with Gasteiger partial charge in [-0.3, -0.25) is 9.88 Å². The van der Waals surface area contributed by atoms with Gasteiger partial charge in [-0.05, 0) is 37.1 Å². The quantitative estimate of drug-likeness (QED) is 0.742. The van der Waals surface area contributed by atoms with Crippen molar-refractivity contribution >= 4 is 10.0 Å². The highest BCUT2D eigenvalue weighted by atomic mass is 32.2. The molecule has 0 N–H and O–H groups in total. The largest absolute Gasteiger partial charge is 0.487 e. The van der Waals surface area contributed by atoms with E-state index < -0.39 is 10.0 Å². The van der Waals surface area contributed by atoms with Crippen molar-refractivity contribution in [3.63, 3.8) is 0 Å². The number of fused-ring (bicyclic) bond motifs is 2. The van der Waals surface area contributed by atoms with E-state index in [1.807, 2.05) is 24.3 Å². The molecule has 0 radical (unpaired) electrons. The van der Waals surface area contributed by atoms with Crippen molar-refractivity contribution in [2.24, 2.45) is 0 Å². The van der Waals surface area contributed by atoms with E-state index in [2.05, 4.69) is 9.88 Å². The third-order valence-corrected chi connectivity index (χ3v) is 7.58. The first-order valence-corrected chi connectivity index (χ1v) is 11.4. The minimum atomic E-state index is -3.66. The number of hydrogen-bond donors (Lipinski definition) is 0. The topological polar surface area (TPSA) is 72.0 Å². The van der Waals surface area contributed by atoms with E-state index in [1.165, 1.54) is 0 Å². The molecular formula is C21H27N3O4S. The first kappa shape index (κ1) is 20.3. The van der Waals surface area contributed by atoms with Crippen LogP contribution in [0, 0.1) is 0 Å². The molecule has 1 saturated heterocycles. The lowest BCUT2D eigenvalue weighted by atomic mass is 10.1. The Morgan fingerprint density at radius 3 is 2.72 bits per heavy atom. The number of aromatic nitrogens is 1. The molecule has 4 rings (SSSR count). The molecule has 1 fully saturated rings. The maximum absolute atomic E-state index is 13.4. The molecule has 156 valence electrons. The third kappa shape index (κ3) is 4.30. The predicted octanol–water partition coefficient (Wildman–Crippen LogP) is 2.14. The molecule has 1 aromatic heterocycles. The van der Waals surface area contributed by atoms with Crippen LogP contribution in [0.25, 0.3) is 0 Å². The average molecular weight is 418 g/mol. The summed E-state index contributed by atoms with van der Waals surface area (Å²) in [4.78, 5) is 6.99. The van der Waals surface area contributed by atoms with E-state index in [1.54, 1.807) is 35.8 Å². The maximum Gasteiger partial charge on any atom is 0.247 e. The molecule has 0 aliphatic carbocycles. The normalized spacial score (nSPS) is 24.6. The van der Waals surface area contributed by atoms with Crippen molar-refractivity contribution in [2.45, 2.75) is 36.4 Å². The molecule has 3 heterocycles. The van der Waals surface area contributed by atoms with Gasteiger partial charge in [0, 0.05) is 39.5 Å². The highest BCUT2D eigenvalue weighted by Gasteiger charge is 2.43. The predicted molar refractivity (Wildman–Crippen MR) is 109 cm³/mol. The summed E-state index contributed by atoms with van der Waals surface area (Å²) in [5.74, 6) is 0.445. The highest BCUT2D eigenvalue weighted by Crippen LogP contribution is 2.36. The van der Waals surface area contributed by atoms with Crippen LogP contribution in [0.1, 0.15) is 18.5 Å². The number of pyridine rings is 1. The molecule has 0 bridgehead atoms. The molecule has 2 aliphatic heterocycles. The smallest absolute Gasteiger partial charge is 0.247 e. The number of para-hydroxylation sites is 1. The van der Waals surface area contributed by atoms with Crippen molar-refractivity contribution < 1.29 is 17.9 Å². The molecule has 2 atom stereocenters. The fourth-order valence-corrected chi connectivity index (χ4v) is 5.94. The molecule has 8 heteroatoms. The summed E-state index contributed by atoms with van der Waals surface area (Å²) in [5, 5.41) is 0. The fourth-order valence-electron chi connectivity index (χ4n) is 4.16. The van der Waals surface area contributed by atoms with Crippen LogP contribution >= 0.6 is 0 Å². The average Bonchev–Trinajstić information content (AvgIpc) is 2.96. The zero-order valence-corrected chi connectivity index (χ0v) is 17.4. The Kier molecular flexibility index (Phi) is 6.15. The van der Waals surface area contributed by atoms with Crippen molar-refractivity contribution in [1.82, 2.24) is 14.2 Å². The molecule has 0 unspecified atom stereocenters. The van der Waals surface area contributed by atoms with Crippen molar-refractivity contribution in [1.29, 1.82) is 0 Å². The number of methoxy groups -OCH3 is 1. The van der Waals surface area contributed by atoms with Gasteiger partial charge in [-0.15, -0.1) is 0 Å². The summed E-state index contributed by atoms with van der Waals surface area (Å²) in [6.07, 6.45) is 3.06. The van der Waals surface area contributed by atoms with Gasteiger partial charge in [0.15, 0.2) is 0 Å². The molecule has 0 saturated carbocycles. The summed E-state index contributed by atoms with van der Waals surface area (Å²) in [6.45, 7) is 3.04. The van der Waals surface area contributed by atoms with Gasteiger partial charge in [-0.25, -0.2) is 8.42 Å². The molecule has 2 aliphatic rings. The molecular weight excluding hydrogens is 390 g/mol. The van der Waals surface area contributed by atoms with Crippen molar-refractivity contribution in [3.05, 3.63) is 54.4 Å². The molecule has 2 aromatic rings. The van der Waals surface area contributed by atoms with Crippen LogP contribution in [0.15, 0.2) is 53.6 Å². The molecule has 29 heavy (non-hydrogen) atoms. The maximum atomic E-state index is 13.4. The highest BCUT2D eigenvalue weighted by molar-refractivity contribution is 7.89. The second kappa shape index (κ2) is 8.79. The number of rotatable bonds is 5. The molecule has 7 nitrogen and oxygen atoms in total. The Morgan fingerprint density at radius 2 is 1.93 bits per heavy atom. The number of nitrogens with zero attached hydrogens (tertiary/aromatic N) is 3. The van der Waals surface area contributed by atoms with Crippen LogP contribution in [0.3, 0.4) is 0 Å². The van der Waals surface area contributed by atoms with Crippen LogP contribution in [-0.2, 0) is 21.3 Å². The van der Waals surface area contributed by atoms with E-state index in [0.29, 0.717) is 25.3 Å². The van der Waals surface area contributed by atoms with Gasteiger partial charge < -0.3 is 9.47 Å². The van der Waals surface area contributed by atoms with Gasteiger partial charge in [0.25, 0.3) is 0 Å². The third-order valence-electron chi connectivity index (χ3n) is 5.61. The van der Waals surface area contributed by atoms with Crippen LogP contribution in [0.4, 0.5) is 0 Å². The number of ether oxygens (including phenoxy) is 2. The molecule has 0 spiro atoms. The Balaban J connectivity index is 1.61. The standard InChI is InChI=1S/C21H27N3O4S/c1-27-15-14-24-18-9-12-23(16-17-6-4-5-11-22-17)13-10-19(18)28-20-7-2-3-8-21(20)29(24,25)26/h2-8,11,18-19H,9-10,12-16H2,1H3/t18-,19-/m0/s1. The van der Waals surface area contributed by atoms with Gasteiger partial charge in [-0.1, -0.05) is 18.2 Å². The Labute approximate surface area is 172 Å². The van der Waals surface area contributed by atoms with Crippen LogP contribution in [-0.4, -0.2) is 68.1 Å². The zero-order valence-electron chi connectivity index (χ0n) is 16.6. The Hall–Kier alpha value is -2.00. The van der Waals surface area contributed by atoms with Crippen LogP contribution in [0.2, 0.25) is 0 Å². The monoisotopic (exact) mass is 417 g/mol. The number of likely N-dealkylation sites (tertiary alicyclic amines) is 1. The minimum absolute atomic E-state index is 0.195. The SMILES string of the molecule is COCCN1[C@H]2CCN(Cc3ccccn3)CC[C@@H]2Oc2ccccc2S1(=O)=O. The summed E-state index contributed by atoms with van der Waals surface area (Å²) >= 11 is 0. The summed E-state index contributed by atoms with van der Waals surface area (Å²) in [5.41, 5.74) is 1.02. The van der Waals surface area contributed by atoms with Gasteiger partial charge >= 0.3 is 0 Å². The van der Waals surface area contributed by atoms with Crippen LogP contribution < -0.4 is 4.74 Å². The number of sulfonamides is 1. The van der Waals surface area contributed by atoms with Gasteiger partial charge in [0.2, 0.25) is 10.0 Å². The van der Waals surface area contributed by atoms with Crippen molar-refractivity contribution in [3.8, 4) is 5.75 Å². The first-order chi connectivity index (χ1) is 14.1. The summed E-state index contributed by atoms with van der Waals surface area (Å²) in [6, 6.07) is 12.6. The van der Waals surface area contributed by atoms with E-state index in [9.17, 15) is 8.42 Å². The number of hydrogen-bond acceptors (Lipinski definition) is 6. The van der Waals surface area contributed by atoms with E-state index in [4.69, 9.17) is 9.47 Å². The van der Waals surface area contributed by atoms with Crippen LogP contribution in [0.5, 0.6) is 5.75 Å². The minimum Gasteiger partial charge on any atom is -0.487 e. The van der Waals surface area contributed by atoms with E-state index in [0.717, 1.165) is 31.7 Å².